The van der Waals surface area contributed by atoms with E-state index >= 15 is 0 Å². The number of carboxylic acid groups (broad SMARTS) is 1. The Hall–Kier alpha value is -1.89. The summed E-state index contributed by atoms with van der Waals surface area (Å²) >= 11 is 3.50. The number of benzene rings is 1. The van der Waals surface area contributed by atoms with Gasteiger partial charge in [-0.2, -0.15) is 0 Å². The summed E-state index contributed by atoms with van der Waals surface area (Å²) in [6.07, 6.45) is 4.41. The van der Waals surface area contributed by atoms with Crippen molar-refractivity contribution < 1.29 is 19.5 Å². The fourth-order valence-corrected chi connectivity index (χ4v) is 5.24. The van der Waals surface area contributed by atoms with Crippen molar-refractivity contribution in [2.75, 3.05) is 6.54 Å². The maximum atomic E-state index is 13.1. The first kappa shape index (κ1) is 22.8. The Morgan fingerprint density at radius 2 is 1.60 bits per heavy atom. The molecule has 3 N–H and O–H groups in total. The van der Waals surface area contributed by atoms with Crippen LogP contribution in [0.4, 0.5) is 4.79 Å². The smallest absolute Gasteiger partial charge is 0.404 e. The second-order valence-corrected chi connectivity index (χ2v) is 10.5. The van der Waals surface area contributed by atoms with Gasteiger partial charge in [0, 0.05) is 15.9 Å². The first-order valence-corrected chi connectivity index (χ1v) is 11.4. The molecule has 0 aromatic heterocycles. The van der Waals surface area contributed by atoms with Crippen LogP contribution < -0.4 is 10.6 Å². The van der Waals surface area contributed by atoms with E-state index in [0.717, 1.165) is 43.0 Å². The van der Waals surface area contributed by atoms with Crippen LogP contribution >= 0.6 is 15.9 Å². The van der Waals surface area contributed by atoms with E-state index in [0.29, 0.717) is 0 Å². The van der Waals surface area contributed by atoms with Gasteiger partial charge < -0.3 is 15.7 Å². The number of halogens is 1. The molecule has 0 heterocycles. The molecular formula is C23H31BrN2O4. The van der Waals surface area contributed by atoms with Crippen LogP contribution in [0.15, 0.2) is 28.7 Å². The van der Waals surface area contributed by atoms with Crippen LogP contribution in [0.5, 0.6) is 0 Å². The Morgan fingerprint density at radius 1 is 1.07 bits per heavy atom. The minimum absolute atomic E-state index is 0.00728. The van der Waals surface area contributed by atoms with Gasteiger partial charge in [-0.1, -0.05) is 28.1 Å². The average molecular weight is 479 g/mol. The van der Waals surface area contributed by atoms with Crippen LogP contribution in [-0.4, -0.2) is 35.5 Å². The molecule has 3 fully saturated rings. The van der Waals surface area contributed by atoms with Crippen LogP contribution in [0.25, 0.3) is 0 Å². The summed E-state index contributed by atoms with van der Waals surface area (Å²) in [5.74, 6) is -0.209. The monoisotopic (exact) mass is 478 g/mol. The average Bonchev–Trinajstić information content (AvgIpc) is 2.72. The minimum Gasteiger partial charge on any atom is -0.465 e. The second kappa shape index (κ2) is 8.33. The molecule has 6 nitrogen and oxygen atoms in total. The first-order valence-electron chi connectivity index (χ1n) is 10.6. The van der Waals surface area contributed by atoms with E-state index in [9.17, 15) is 14.4 Å². The molecule has 30 heavy (non-hydrogen) atoms. The lowest BCUT2D eigenvalue weighted by molar-refractivity contribution is -0.138. The Bertz CT molecular complexity index is 810. The number of ketones is 1. The van der Waals surface area contributed by atoms with E-state index in [1.165, 1.54) is 5.56 Å². The molecule has 3 aliphatic rings. The van der Waals surface area contributed by atoms with Crippen LogP contribution in [0.1, 0.15) is 64.9 Å². The predicted octanol–water partition coefficient (Wildman–Crippen LogP) is 4.41. The van der Waals surface area contributed by atoms with Crippen LogP contribution in [0.2, 0.25) is 0 Å². The molecule has 0 saturated heterocycles. The summed E-state index contributed by atoms with van der Waals surface area (Å²) in [6.45, 7) is 5.02. The minimum atomic E-state index is -1.17. The topological polar surface area (TPSA) is 95.5 Å². The SMILES string of the molecule is CC(NC(=O)O)C(C)(C)C(=O)NCC(=O)C12CCC(c3ccc(Br)cc3)(CC1)CC2. The van der Waals surface area contributed by atoms with Gasteiger partial charge in [-0.05, 0) is 82.4 Å². The van der Waals surface area contributed by atoms with Gasteiger partial charge in [0.15, 0.2) is 5.78 Å². The highest BCUT2D eigenvalue weighted by molar-refractivity contribution is 9.10. The normalized spacial score (nSPS) is 26.7. The Kier molecular flexibility index (Phi) is 6.33. The standard InChI is InChI=1S/C23H31BrN2O4/c1-15(26-20(29)30)21(2,3)19(28)25-14-18(27)23-11-8-22(9-12-23,10-13-23)16-4-6-17(24)7-5-16/h4-7,15,26H,8-14H2,1-3H3,(H,25,28)(H,29,30). The summed E-state index contributed by atoms with van der Waals surface area (Å²) in [4.78, 5) is 36.6. The molecule has 0 aliphatic heterocycles. The summed E-state index contributed by atoms with van der Waals surface area (Å²) in [6, 6.07) is 7.99. The molecule has 1 aromatic rings. The first-order chi connectivity index (χ1) is 14.0. The summed E-state index contributed by atoms with van der Waals surface area (Å²) in [5.41, 5.74) is 0.249. The number of fused-ring (bicyclic) bond motifs is 3. The molecule has 1 unspecified atom stereocenters. The molecule has 1 atom stereocenters. The van der Waals surface area contributed by atoms with E-state index in [-0.39, 0.29) is 29.1 Å². The van der Waals surface area contributed by atoms with Crippen molar-refractivity contribution in [3.8, 4) is 0 Å². The van der Waals surface area contributed by atoms with Crippen molar-refractivity contribution >= 4 is 33.7 Å². The van der Waals surface area contributed by atoms with Crippen molar-refractivity contribution in [2.24, 2.45) is 10.8 Å². The molecule has 3 aliphatic carbocycles. The van der Waals surface area contributed by atoms with Gasteiger partial charge in [-0.3, -0.25) is 9.59 Å². The number of rotatable bonds is 7. The third-order valence-electron chi connectivity index (χ3n) is 7.71. The predicted molar refractivity (Wildman–Crippen MR) is 118 cm³/mol. The van der Waals surface area contributed by atoms with Gasteiger partial charge in [0.1, 0.15) is 0 Å². The lowest BCUT2D eigenvalue weighted by Gasteiger charge is -2.53. The van der Waals surface area contributed by atoms with Crippen molar-refractivity contribution in [1.29, 1.82) is 0 Å². The van der Waals surface area contributed by atoms with Gasteiger partial charge in [0.05, 0.1) is 12.0 Å². The van der Waals surface area contributed by atoms with Crippen LogP contribution in [-0.2, 0) is 15.0 Å². The number of nitrogens with one attached hydrogen (secondary N) is 2. The number of amides is 2. The van der Waals surface area contributed by atoms with E-state index in [1.54, 1.807) is 20.8 Å². The highest BCUT2D eigenvalue weighted by atomic mass is 79.9. The third-order valence-corrected chi connectivity index (χ3v) is 8.24. The van der Waals surface area contributed by atoms with Crippen molar-refractivity contribution in [2.45, 2.75) is 70.8 Å². The molecule has 2 bridgehead atoms. The molecule has 0 spiro atoms. The zero-order chi connectivity index (χ0) is 22.2. The van der Waals surface area contributed by atoms with E-state index < -0.39 is 17.6 Å². The molecular weight excluding hydrogens is 448 g/mol. The number of carbonyl (C=O) groups excluding carboxylic acids is 2. The van der Waals surface area contributed by atoms with E-state index in [1.807, 2.05) is 0 Å². The number of hydrogen-bond acceptors (Lipinski definition) is 3. The highest BCUT2D eigenvalue weighted by Gasteiger charge is 2.52. The Balaban J connectivity index is 1.59. The molecule has 7 heteroatoms. The maximum Gasteiger partial charge on any atom is 0.404 e. The fraction of sp³-hybridized carbons (Fsp3) is 0.609. The van der Waals surface area contributed by atoms with Gasteiger partial charge in [-0.25, -0.2) is 4.79 Å². The van der Waals surface area contributed by atoms with Crippen molar-refractivity contribution in [3.63, 3.8) is 0 Å². The molecule has 164 valence electrons. The maximum absolute atomic E-state index is 13.1. The number of hydrogen-bond donors (Lipinski definition) is 3. The zero-order valence-corrected chi connectivity index (χ0v) is 19.5. The van der Waals surface area contributed by atoms with Gasteiger partial charge in [-0.15, -0.1) is 0 Å². The largest absolute Gasteiger partial charge is 0.465 e. The Labute approximate surface area is 186 Å². The zero-order valence-electron chi connectivity index (χ0n) is 17.9. The van der Waals surface area contributed by atoms with E-state index in [2.05, 4.69) is 50.8 Å². The summed E-state index contributed by atoms with van der Waals surface area (Å²) < 4.78 is 1.07. The molecule has 1 aromatic carbocycles. The van der Waals surface area contributed by atoms with Crippen molar-refractivity contribution in [3.05, 3.63) is 34.3 Å². The second-order valence-electron chi connectivity index (χ2n) is 9.57. The number of Topliss-reactive ketones (excluding diaryl/α,β-unsaturated/α-hetero) is 1. The van der Waals surface area contributed by atoms with E-state index in [4.69, 9.17) is 5.11 Å². The Morgan fingerprint density at radius 3 is 2.10 bits per heavy atom. The lowest BCUT2D eigenvalue weighted by atomic mass is 9.51. The quantitative estimate of drug-likeness (QED) is 0.540. The molecule has 4 rings (SSSR count). The summed E-state index contributed by atoms with van der Waals surface area (Å²) in [5, 5.41) is 14.0. The van der Waals surface area contributed by atoms with Gasteiger partial charge in [0.25, 0.3) is 0 Å². The van der Waals surface area contributed by atoms with Crippen LogP contribution in [0, 0.1) is 10.8 Å². The number of carbonyl (C=O) groups is 3. The molecule has 0 radical (unpaired) electrons. The molecule has 2 amide bonds. The van der Waals surface area contributed by atoms with Crippen molar-refractivity contribution in [1.82, 2.24) is 10.6 Å². The summed E-state index contributed by atoms with van der Waals surface area (Å²) in [7, 11) is 0. The van der Waals surface area contributed by atoms with Gasteiger partial charge in [0.2, 0.25) is 5.91 Å². The third kappa shape index (κ3) is 4.27. The highest BCUT2D eigenvalue weighted by Crippen LogP contribution is 2.58. The van der Waals surface area contributed by atoms with Crippen LogP contribution in [0.3, 0.4) is 0 Å². The molecule has 3 saturated carbocycles. The van der Waals surface area contributed by atoms with Gasteiger partial charge >= 0.3 is 6.09 Å². The lowest BCUT2D eigenvalue weighted by Crippen LogP contribution is -2.54. The fourth-order valence-electron chi connectivity index (χ4n) is 4.98.